The molecule has 1 aliphatic heterocycles. The number of benzene rings is 2. The van der Waals surface area contributed by atoms with E-state index < -0.39 is 10.0 Å². The fourth-order valence-electron chi connectivity index (χ4n) is 3.59. The van der Waals surface area contributed by atoms with Crippen molar-refractivity contribution >= 4 is 21.6 Å². The summed E-state index contributed by atoms with van der Waals surface area (Å²) in [6.07, 6.45) is 1.85. The molecule has 0 saturated carbocycles. The number of halogens is 1. The van der Waals surface area contributed by atoms with E-state index in [1.807, 2.05) is 55.5 Å². The summed E-state index contributed by atoms with van der Waals surface area (Å²) < 4.78 is 29.5. The fourth-order valence-corrected chi connectivity index (χ4v) is 5.27. The van der Waals surface area contributed by atoms with Gasteiger partial charge in [-0.3, -0.25) is 0 Å². The molecule has 0 atom stereocenters. The predicted octanol–water partition coefficient (Wildman–Crippen LogP) is 4.89. The third-order valence-corrected chi connectivity index (χ3v) is 7.14. The summed E-state index contributed by atoms with van der Waals surface area (Å²) in [6, 6.07) is 18.9. The van der Waals surface area contributed by atoms with Gasteiger partial charge in [0.15, 0.2) is 0 Å². The van der Waals surface area contributed by atoms with Crippen LogP contribution >= 0.6 is 11.6 Å². The van der Waals surface area contributed by atoms with Crippen molar-refractivity contribution in [3.05, 3.63) is 71.4 Å². The Morgan fingerprint density at radius 2 is 1.63 bits per heavy atom. The van der Waals surface area contributed by atoms with E-state index in [2.05, 4.69) is 4.57 Å². The van der Waals surface area contributed by atoms with Crippen molar-refractivity contribution in [1.82, 2.24) is 8.87 Å². The van der Waals surface area contributed by atoms with Crippen LogP contribution in [0.1, 0.15) is 18.5 Å². The highest BCUT2D eigenvalue weighted by Gasteiger charge is 2.27. The maximum atomic E-state index is 12.9. The zero-order valence-electron chi connectivity index (χ0n) is 15.1. The topological polar surface area (TPSA) is 42.3 Å². The molecule has 4 nitrogen and oxygen atoms in total. The Morgan fingerprint density at radius 3 is 2.33 bits per heavy atom. The lowest BCUT2D eigenvalue weighted by atomic mass is 10.1. The van der Waals surface area contributed by atoms with E-state index in [1.165, 1.54) is 0 Å². The van der Waals surface area contributed by atoms with Gasteiger partial charge in [-0.15, -0.1) is 0 Å². The van der Waals surface area contributed by atoms with Gasteiger partial charge in [0.05, 0.1) is 10.6 Å². The third kappa shape index (κ3) is 3.43. The maximum absolute atomic E-state index is 12.9. The minimum absolute atomic E-state index is 0.344. The summed E-state index contributed by atoms with van der Waals surface area (Å²) >= 11 is 6.02. The first kappa shape index (κ1) is 18.3. The number of aryl methyl sites for hydroxylation is 1. The number of hydrogen-bond acceptors (Lipinski definition) is 2. The zero-order chi connectivity index (χ0) is 19.0. The van der Waals surface area contributed by atoms with Crippen LogP contribution in [0.25, 0.3) is 16.9 Å². The highest BCUT2D eigenvalue weighted by molar-refractivity contribution is 7.89. The van der Waals surface area contributed by atoms with Crippen molar-refractivity contribution in [3.63, 3.8) is 0 Å². The maximum Gasteiger partial charge on any atom is 0.243 e. The molecule has 0 spiro atoms. The van der Waals surface area contributed by atoms with Gasteiger partial charge in [0.1, 0.15) is 0 Å². The summed E-state index contributed by atoms with van der Waals surface area (Å²) in [7, 11) is -3.45. The predicted molar refractivity (Wildman–Crippen MR) is 109 cm³/mol. The van der Waals surface area contributed by atoms with Gasteiger partial charge in [-0.25, -0.2) is 8.42 Å². The number of hydrogen-bond donors (Lipinski definition) is 0. The van der Waals surface area contributed by atoms with E-state index in [1.54, 1.807) is 16.4 Å². The van der Waals surface area contributed by atoms with E-state index in [-0.39, 0.29) is 0 Å². The molecule has 4 rings (SSSR count). The molecule has 1 aromatic heterocycles. The van der Waals surface area contributed by atoms with Crippen molar-refractivity contribution in [1.29, 1.82) is 0 Å². The lowest BCUT2D eigenvalue weighted by molar-refractivity contribution is 0.477. The van der Waals surface area contributed by atoms with Crippen molar-refractivity contribution in [2.75, 3.05) is 13.1 Å². The summed E-state index contributed by atoms with van der Waals surface area (Å²) in [5.74, 6) is 0. The highest BCUT2D eigenvalue weighted by atomic mass is 35.5. The molecular formula is C21H21ClN2O2S. The van der Waals surface area contributed by atoms with Crippen molar-refractivity contribution in [2.24, 2.45) is 0 Å². The molecule has 0 unspecified atom stereocenters. The van der Waals surface area contributed by atoms with Crippen LogP contribution in [0.2, 0.25) is 5.02 Å². The summed E-state index contributed by atoms with van der Waals surface area (Å²) in [6.45, 7) is 3.22. The second-order valence-corrected chi connectivity index (χ2v) is 9.19. The van der Waals surface area contributed by atoms with E-state index >= 15 is 0 Å². The summed E-state index contributed by atoms with van der Waals surface area (Å²) in [5.41, 5.74) is 3.90. The van der Waals surface area contributed by atoms with Crippen LogP contribution in [0.15, 0.2) is 65.6 Å². The van der Waals surface area contributed by atoms with Gasteiger partial charge in [0.25, 0.3) is 0 Å². The Labute approximate surface area is 165 Å². The van der Waals surface area contributed by atoms with Crippen LogP contribution in [0.4, 0.5) is 0 Å². The van der Waals surface area contributed by atoms with Crippen LogP contribution < -0.4 is 0 Å². The molecule has 27 heavy (non-hydrogen) atoms. The molecule has 0 radical (unpaired) electrons. The lowest BCUT2D eigenvalue weighted by Crippen LogP contribution is -2.27. The number of rotatable bonds is 4. The number of sulfonamides is 1. The molecule has 0 bridgehead atoms. The number of aromatic nitrogens is 1. The Bertz CT molecular complexity index is 1070. The molecule has 140 valence electrons. The first-order chi connectivity index (χ1) is 13.0. The molecule has 0 amide bonds. The number of nitrogens with zero attached hydrogens (tertiary/aromatic N) is 2. The van der Waals surface area contributed by atoms with Gasteiger partial charge < -0.3 is 4.57 Å². The van der Waals surface area contributed by atoms with Crippen molar-refractivity contribution < 1.29 is 8.42 Å². The second kappa shape index (κ2) is 7.15. The quantitative estimate of drug-likeness (QED) is 0.625. The molecular weight excluding hydrogens is 380 g/mol. The second-order valence-electron chi connectivity index (χ2n) is 6.81. The van der Waals surface area contributed by atoms with E-state index in [4.69, 9.17) is 11.6 Å². The summed E-state index contributed by atoms with van der Waals surface area (Å²) in [4.78, 5) is 0.344. The largest absolute Gasteiger partial charge is 0.314 e. The molecule has 1 saturated heterocycles. The highest BCUT2D eigenvalue weighted by Crippen LogP contribution is 2.29. The monoisotopic (exact) mass is 400 g/mol. The minimum Gasteiger partial charge on any atom is -0.314 e. The average Bonchev–Trinajstić information content (AvgIpc) is 3.33. The Hall–Kier alpha value is -2.08. The van der Waals surface area contributed by atoms with Crippen molar-refractivity contribution in [2.45, 2.75) is 24.7 Å². The SMILES string of the molecule is Cc1ccc(-c2ccc(Cl)cc2)n1-c1cccc(S(=O)(=O)N2CCCC2)c1. The molecule has 1 fully saturated rings. The van der Waals surface area contributed by atoms with Gasteiger partial charge in [-0.2, -0.15) is 4.31 Å². The minimum atomic E-state index is -3.45. The van der Waals surface area contributed by atoms with E-state index in [0.29, 0.717) is 23.0 Å². The van der Waals surface area contributed by atoms with E-state index in [9.17, 15) is 8.42 Å². The Kier molecular flexibility index (Phi) is 4.84. The smallest absolute Gasteiger partial charge is 0.243 e. The Morgan fingerprint density at radius 1 is 0.926 bits per heavy atom. The van der Waals surface area contributed by atoms with Gasteiger partial charge in [-0.1, -0.05) is 29.8 Å². The molecule has 0 aliphatic carbocycles. The van der Waals surface area contributed by atoms with E-state index in [0.717, 1.165) is 35.5 Å². The molecule has 2 aromatic carbocycles. The Balaban J connectivity index is 1.79. The molecule has 0 N–H and O–H groups in total. The van der Waals surface area contributed by atoms with Crippen LogP contribution in [-0.4, -0.2) is 30.4 Å². The fraction of sp³-hybridized carbons (Fsp3) is 0.238. The standard InChI is InChI=1S/C21H21ClN2O2S/c1-16-7-12-21(17-8-10-18(22)11-9-17)24(16)19-5-4-6-20(15-19)27(25,26)23-13-2-3-14-23/h4-12,15H,2-3,13-14H2,1H3. The van der Waals surface area contributed by atoms with Gasteiger partial charge in [-0.05, 0) is 67.8 Å². The van der Waals surface area contributed by atoms with Gasteiger partial charge in [0, 0.05) is 29.5 Å². The van der Waals surface area contributed by atoms with Crippen LogP contribution in [0.5, 0.6) is 0 Å². The molecule has 1 aliphatic rings. The van der Waals surface area contributed by atoms with Crippen LogP contribution in [0.3, 0.4) is 0 Å². The van der Waals surface area contributed by atoms with Crippen LogP contribution in [0, 0.1) is 6.92 Å². The molecule has 3 aromatic rings. The normalized spacial score (nSPS) is 15.3. The van der Waals surface area contributed by atoms with Crippen LogP contribution in [-0.2, 0) is 10.0 Å². The third-order valence-electron chi connectivity index (χ3n) is 4.99. The summed E-state index contributed by atoms with van der Waals surface area (Å²) in [5, 5.41) is 0.687. The van der Waals surface area contributed by atoms with Crippen molar-refractivity contribution in [3.8, 4) is 16.9 Å². The average molecular weight is 401 g/mol. The molecule has 2 heterocycles. The lowest BCUT2D eigenvalue weighted by Gasteiger charge is -2.17. The zero-order valence-corrected chi connectivity index (χ0v) is 16.7. The first-order valence-electron chi connectivity index (χ1n) is 9.02. The first-order valence-corrected chi connectivity index (χ1v) is 10.8. The van der Waals surface area contributed by atoms with Gasteiger partial charge in [0.2, 0.25) is 10.0 Å². The molecule has 6 heteroatoms. The van der Waals surface area contributed by atoms with Gasteiger partial charge >= 0.3 is 0 Å².